The first-order valence-corrected chi connectivity index (χ1v) is 9.55. The van der Waals surface area contributed by atoms with E-state index in [9.17, 15) is 10.1 Å². The third-order valence-electron chi connectivity index (χ3n) is 4.22. The fourth-order valence-corrected chi connectivity index (χ4v) is 3.38. The number of nitriles is 1. The van der Waals surface area contributed by atoms with Crippen molar-refractivity contribution in [1.29, 1.82) is 5.26 Å². The SMILES string of the molecule is CC(C)(C)OC(=O)N1CCN(c2nc(Cl)nc3nc(Cl)ccc23)C[C@@H]1CC#N. The molecule has 0 aromatic carbocycles. The Balaban J connectivity index is 1.89. The Bertz CT molecular complexity index is 935. The first kappa shape index (κ1) is 20.4. The van der Waals surface area contributed by atoms with Gasteiger partial charge in [-0.15, -0.1) is 0 Å². The summed E-state index contributed by atoms with van der Waals surface area (Å²) in [7, 11) is 0. The molecule has 0 unspecified atom stereocenters. The molecule has 1 fully saturated rings. The van der Waals surface area contributed by atoms with Crippen molar-refractivity contribution in [1.82, 2.24) is 19.9 Å². The van der Waals surface area contributed by atoms with E-state index in [1.54, 1.807) is 17.0 Å². The normalized spacial score (nSPS) is 17.5. The monoisotopic (exact) mass is 422 g/mol. The van der Waals surface area contributed by atoms with Crippen molar-refractivity contribution in [2.75, 3.05) is 24.5 Å². The first-order chi connectivity index (χ1) is 13.2. The number of fused-ring (bicyclic) bond motifs is 1. The molecule has 28 heavy (non-hydrogen) atoms. The molecule has 2 aromatic heterocycles. The molecule has 3 heterocycles. The second-order valence-corrected chi connectivity index (χ2v) is 8.18. The average molecular weight is 423 g/mol. The summed E-state index contributed by atoms with van der Waals surface area (Å²) < 4.78 is 5.48. The zero-order valence-corrected chi connectivity index (χ0v) is 17.3. The number of aromatic nitrogens is 3. The summed E-state index contributed by atoms with van der Waals surface area (Å²) in [6.07, 6.45) is -0.247. The number of carbonyl (C=O) groups excluding carboxylic acids is 1. The highest BCUT2D eigenvalue weighted by molar-refractivity contribution is 6.30. The van der Waals surface area contributed by atoms with Crippen molar-refractivity contribution in [2.45, 2.75) is 38.8 Å². The highest BCUT2D eigenvalue weighted by Gasteiger charge is 2.34. The topological polar surface area (TPSA) is 95.2 Å². The van der Waals surface area contributed by atoms with Gasteiger partial charge in [0.2, 0.25) is 5.28 Å². The quantitative estimate of drug-likeness (QED) is 0.537. The third kappa shape index (κ3) is 4.54. The zero-order valence-electron chi connectivity index (χ0n) is 15.8. The number of halogens is 2. The van der Waals surface area contributed by atoms with Crippen LogP contribution in [-0.2, 0) is 4.74 Å². The molecule has 1 atom stereocenters. The molecular formula is C18H20Cl2N6O2. The molecule has 3 rings (SSSR count). The van der Waals surface area contributed by atoms with Gasteiger partial charge in [-0.25, -0.2) is 9.78 Å². The Morgan fingerprint density at radius 2 is 2.04 bits per heavy atom. The standard InChI is InChI=1S/C18H20Cl2N6O2/c1-18(2,3)28-17(27)26-9-8-25(10-11(26)6-7-21)15-12-4-5-13(19)22-14(12)23-16(20)24-15/h4-5,11H,6,8-10H2,1-3H3/t11-/m0/s1. The molecule has 0 saturated carbocycles. The first-order valence-electron chi connectivity index (χ1n) is 8.79. The molecule has 0 aliphatic carbocycles. The number of pyridine rings is 1. The van der Waals surface area contributed by atoms with Crippen molar-refractivity contribution < 1.29 is 9.53 Å². The molecule has 0 N–H and O–H groups in total. The summed E-state index contributed by atoms with van der Waals surface area (Å²) in [5.41, 5.74) is -0.207. The van der Waals surface area contributed by atoms with Gasteiger partial charge in [0.05, 0.1) is 23.9 Å². The number of rotatable bonds is 2. The number of ether oxygens (including phenoxy) is 1. The number of amides is 1. The van der Waals surface area contributed by atoms with Gasteiger partial charge in [-0.1, -0.05) is 11.6 Å². The van der Waals surface area contributed by atoms with Gasteiger partial charge in [-0.3, -0.25) is 0 Å². The molecule has 1 aliphatic rings. The number of hydrogen-bond acceptors (Lipinski definition) is 7. The molecule has 1 amide bonds. The lowest BCUT2D eigenvalue weighted by molar-refractivity contribution is 0.0145. The minimum atomic E-state index is -0.604. The maximum absolute atomic E-state index is 12.6. The van der Waals surface area contributed by atoms with E-state index in [0.29, 0.717) is 41.6 Å². The van der Waals surface area contributed by atoms with Gasteiger partial charge in [0.15, 0.2) is 5.65 Å². The van der Waals surface area contributed by atoms with Gasteiger partial charge in [0.1, 0.15) is 16.6 Å². The Labute approximate surface area is 173 Å². The van der Waals surface area contributed by atoms with Gasteiger partial charge < -0.3 is 14.5 Å². The van der Waals surface area contributed by atoms with Crippen molar-refractivity contribution in [3.8, 4) is 6.07 Å². The van der Waals surface area contributed by atoms with E-state index >= 15 is 0 Å². The lowest BCUT2D eigenvalue weighted by atomic mass is 10.1. The summed E-state index contributed by atoms with van der Waals surface area (Å²) in [6.45, 7) is 6.75. The Morgan fingerprint density at radius 3 is 2.71 bits per heavy atom. The predicted molar refractivity (Wildman–Crippen MR) is 107 cm³/mol. The largest absolute Gasteiger partial charge is 0.444 e. The molecule has 0 bridgehead atoms. The number of anilines is 1. The van der Waals surface area contributed by atoms with E-state index in [1.165, 1.54) is 0 Å². The molecule has 148 valence electrons. The molecule has 1 aliphatic heterocycles. The van der Waals surface area contributed by atoms with Gasteiger partial charge in [-0.2, -0.15) is 15.2 Å². The fraction of sp³-hybridized carbons (Fsp3) is 0.500. The Morgan fingerprint density at radius 1 is 1.29 bits per heavy atom. The van der Waals surface area contributed by atoms with Crippen LogP contribution in [0.15, 0.2) is 12.1 Å². The minimum Gasteiger partial charge on any atom is -0.444 e. The zero-order chi connectivity index (χ0) is 20.5. The number of hydrogen-bond donors (Lipinski definition) is 0. The summed E-state index contributed by atoms with van der Waals surface area (Å²) in [5, 5.41) is 10.3. The van der Waals surface area contributed by atoms with E-state index in [0.717, 1.165) is 0 Å². The van der Waals surface area contributed by atoms with Crippen LogP contribution < -0.4 is 4.90 Å². The maximum atomic E-state index is 12.6. The van der Waals surface area contributed by atoms with Crippen LogP contribution in [0, 0.1) is 11.3 Å². The van der Waals surface area contributed by atoms with Crippen molar-refractivity contribution in [3.63, 3.8) is 0 Å². The summed E-state index contributed by atoms with van der Waals surface area (Å²) >= 11 is 12.0. The highest BCUT2D eigenvalue weighted by Crippen LogP contribution is 2.28. The van der Waals surface area contributed by atoms with Crippen LogP contribution >= 0.6 is 23.2 Å². The lowest BCUT2D eigenvalue weighted by Gasteiger charge is -2.41. The average Bonchev–Trinajstić information content (AvgIpc) is 2.59. The van der Waals surface area contributed by atoms with Crippen LogP contribution in [0.25, 0.3) is 11.0 Å². The second kappa shape index (κ2) is 7.94. The number of carbonyl (C=O) groups is 1. The number of piperazine rings is 1. The molecule has 10 heteroatoms. The van der Waals surface area contributed by atoms with Gasteiger partial charge in [-0.05, 0) is 44.5 Å². The van der Waals surface area contributed by atoms with Crippen LogP contribution in [0.3, 0.4) is 0 Å². The van der Waals surface area contributed by atoms with Crippen LogP contribution in [-0.4, -0.2) is 57.2 Å². The van der Waals surface area contributed by atoms with Crippen LogP contribution in [0.5, 0.6) is 0 Å². The summed E-state index contributed by atoms with van der Waals surface area (Å²) in [5.74, 6) is 0.603. The van der Waals surface area contributed by atoms with Crippen molar-refractivity contribution in [2.24, 2.45) is 0 Å². The van der Waals surface area contributed by atoms with Crippen molar-refractivity contribution >= 4 is 46.1 Å². The molecular weight excluding hydrogens is 403 g/mol. The van der Waals surface area contributed by atoms with Gasteiger partial charge in [0, 0.05) is 19.6 Å². The number of nitrogens with zero attached hydrogens (tertiary/aromatic N) is 6. The van der Waals surface area contributed by atoms with Gasteiger partial charge in [0.25, 0.3) is 0 Å². The van der Waals surface area contributed by atoms with E-state index < -0.39 is 11.7 Å². The summed E-state index contributed by atoms with van der Waals surface area (Å²) in [4.78, 5) is 28.8. The minimum absolute atomic E-state index is 0.0590. The van der Waals surface area contributed by atoms with E-state index in [-0.39, 0.29) is 17.7 Å². The highest BCUT2D eigenvalue weighted by atomic mass is 35.5. The van der Waals surface area contributed by atoms with Crippen LogP contribution in [0.4, 0.5) is 10.6 Å². The second-order valence-electron chi connectivity index (χ2n) is 7.46. The van der Waals surface area contributed by atoms with E-state index in [2.05, 4.69) is 21.0 Å². The van der Waals surface area contributed by atoms with Crippen molar-refractivity contribution in [3.05, 3.63) is 22.6 Å². The smallest absolute Gasteiger partial charge is 0.410 e. The maximum Gasteiger partial charge on any atom is 0.410 e. The van der Waals surface area contributed by atoms with Crippen LogP contribution in [0.1, 0.15) is 27.2 Å². The summed E-state index contributed by atoms with van der Waals surface area (Å²) in [6, 6.07) is 5.26. The molecule has 1 saturated heterocycles. The van der Waals surface area contributed by atoms with E-state index in [4.69, 9.17) is 27.9 Å². The molecule has 0 radical (unpaired) electrons. The van der Waals surface area contributed by atoms with Gasteiger partial charge >= 0.3 is 6.09 Å². The van der Waals surface area contributed by atoms with Crippen LogP contribution in [0.2, 0.25) is 10.4 Å². The lowest BCUT2D eigenvalue weighted by Crippen LogP contribution is -2.56. The van der Waals surface area contributed by atoms with E-state index in [1.807, 2.05) is 25.7 Å². The molecule has 0 spiro atoms. The molecule has 8 nitrogen and oxygen atoms in total. The molecule has 2 aromatic rings. The Hall–Kier alpha value is -2.37. The third-order valence-corrected chi connectivity index (χ3v) is 4.60. The Kier molecular flexibility index (Phi) is 5.77. The predicted octanol–water partition coefficient (Wildman–Crippen LogP) is 3.67. The fourth-order valence-electron chi connectivity index (χ4n) is 3.07.